The van der Waals surface area contributed by atoms with Crippen LogP contribution in [-0.4, -0.2) is 28.5 Å². The van der Waals surface area contributed by atoms with Gasteiger partial charge >= 0.3 is 6.18 Å². The lowest BCUT2D eigenvalue weighted by Gasteiger charge is -2.14. The van der Waals surface area contributed by atoms with Crippen molar-refractivity contribution >= 4 is 16.9 Å². The summed E-state index contributed by atoms with van der Waals surface area (Å²) in [7, 11) is 1.97. The van der Waals surface area contributed by atoms with E-state index >= 15 is 0 Å². The Morgan fingerprint density at radius 3 is 2.52 bits per heavy atom. The van der Waals surface area contributed by atoms with Gasteiger partial charge in [-0.15, -0.1) is 0 Å². The summed E-state index contributed by atoms with van der Waals surface area (Å²) in [6, 6.07) is 18.6. The monoisotopic (exact) mass is 450 g/mol. The van der Waals surface area contributed by atoms with Gasteiger partial charge in [-0.2, -0.15) is 13.2 Å². The third-order valence-electron chi connectivity index (χ3n) is 5.69. The number of hydrogen-bond acceptors (Lipinski definition) is 4. The minimum absolute atomic E-state index is 0.449. The van der Waals surface area contributed by atoms with E-state index in [1.165, 1.54) is 12.1 Å². The molecular weight excluding hydrogens is 429 g/mol. The van der Waals surface area contributed by atoms with Gasteiger partial charge in [0.25, 0.3) is 0 Å². The number of rotatable bonds is 3. The first-order chi connectivity index (χ1) is 15.9. The number of nitrogens with one attached hydrogen (secondary N) is 1. The molecule has 168 valence electrons. The second kappa shape index (κ2) is 8.27. The summed E-state index contributed by atoms with van der Waals surface area (Å²) < 4.78 is 46.6. The molecule has 0 atom stereocenters. The minimum Gasteiger partial charge on any atom is -0.491 e. The lowest BCUT2D eigenvalue weighted by molar-refractivity contribution is -0.137. The Hall–Kier alpha value is -3.81. The summed E-state index contributed by atoms with van der Waals surface area (Å²) >= 11 is 0. The first-order valence-electron chi connectivity index (χ1n) is 10.5. The molecule has 0 amide bonds. The van der Waals surface area contributed by atoms with E-state index in [9.17, 15) is 13.2 Å². The van der Waals surface area contributed by atoms with E-state index in [4.69, 9.17) is 9.72 Å². The molecule has 0 aliphatic carbocycles. The highest BCUT2D eigenvalue weighted by molar-refractivity contribution is 6.02. The summed E-state index contributed by atoms with van der Waals surface area (Å²) in [4.78, 5) is 9.33. The predicted molar refractivity (Wildman–Crippen MR) is 121 cm³/mol. The van der Waals surface area contributed by atoms with Crippen LogP contribution >= 0.6 is 0 Å². The normalized spacial score (nSPS) is 13.8. The predicted octanol–water partition coefficient (Wildman–Crippen LogP) is 5.19. The van der Waals surface area contributed by atoms with Crippen molar-refractivity contribution in [2.75, 3.05) is 13.2 Å². The van der Waals surface area contributed by atoms with Gasteiger partial charge in [-0.1, -0.05) is 30.3 Å². The first-order valence-corrected chi connectivity index (χ1v) is 10.5. The fourth-order valence-electron chi connectivity index (χ4n) is 3.94. The number of imidazole rings is 1. The van der Waals surface area contributed by atoms with Crippen molar-refractivity contribution in [3.05, 3.63) is 83.7 Å². The highest BCUT2D eigenvalue weighted by Crippen LogP contribution is 2.32. The van der Waals surface area contributed by atoms with Crippen LogP contribution in [0.2, 0.25) is 0 Å². The molecule has 1 aliphatic heterocycles. The van der Waals surface area contributed by atoms with Gasteiger partial charge in [0.2, 0.25) is 0 Å². The largest absolute Gasteiger partial charge is 0.491 e. The quantitative estimate of drug-likeness (QED) is 0.468. The van der Waals surface area contributed by atoms with Crippen LogP contribution in [-0.2, 0) is 19.8 Å². The standard InChI is InChI=1S/C25H21F3N4O/c1-32-21-5-3-2-4-20(21)31-23(32)15-30-24-19-14-17(8-11-22(19)33-13-12-29-24)16-6-9-18(10-7-16)25(26,27)28/h2-11,14H,12-13,15H2,1H3,(H,29,30). The lowest BCUT2D eigenvalue weighted by atomic mass is 10.0. The number of hydrogen-bond donors (Lipinski definition) is 1. The molecule has 0 saturated carbocycles. The Kier molecular flexibility index (Phi) is 5.28. The third kappa shape index (κ3) is 4.16. The molecule has 8 heteroatoms. The van der Waals surface area contributed by atoms with E-state index in [1.807, 2.05) is 54.1 Å². The number of ether oxygens (including phenoxy) is 1. The van der Waals surface area contributed by atoms with Gasteiger partial charge in [0.05, 0.1) is 35.2 Å². The van der Waals surface area contributed by atoms with Crippen molar-refractivity contribution < 1.29 is 17.9 Å². The molecule has 0 spiro atoms. The number of alkyl halides is 3. The highest BCUT2D eigenvalue weighted by Gasteiger charge is 2.30. The van der Waals surface area contributed by atoms with Gasteiger partial charge in [0, 0.05) is 7.05 Å². The van der Waals surface area contributed by atoms with Crippen molar-refractivity contribution in [2.45, 2.75) is 12.7 Å². The van der Waals surface area contributed by atoms with E-state index in [0.29, 0.717) is 36.8 Å². The molecule has 5 rings (SSSR count). The van der Waals surface area contributed by atoms with Crippen LogP contribution < -0.4 is 10.1 Å². The number of amidine groups is 1. The number of fused-ring (bicyclic) bond motifs is 2. The van der Waals surface area contributed by atoms with E-state index in [2.05, 4.69) is 10.3 Å². The smallest absolute Gasteiger partial charge is 0.416 e. The topological polar surface area (TPSA) is 51.4 Å². The Morgan fingerprint density at radius 1 is 1.00 bits per heavy atom. The number of halogens is 3. The van der Waals surface area contributed by atoms with Gasteiger partial charge in [-0.05, 0) is 47.5 Å². The second-order valence-electron chi connectivity index (χ2n) is 7.79. The molecule has 1 aromatic heterocycles. The SMILES string of the molecule is Cn1c(CNC2=NCCOc3ccc(-c4ccc(C(F)(F)F)cc4)cc32)nc2ccccc21. The summed E-state index contributed by atoms with van der Waals surface area (Å²) in [5, 5.41) is 3.38. The maximum atomic E-state index is 12.9. The van der Waals surface area contributed by atoms with Crippen LogP contribution in [0.5, 0.6) is 5.75 Å². The van der Waals surface area contributed by atoms with E-state index in [1.54, 1.807) is 0 Å². The molecule has 0 unspecified atom stereocenters. The van der Waals surface area contributed by atoms with E-state index in [0.717, 1.165) is 40.1 Å². The first kappa shape index (κ1) is 21.1. The van der Waals surface area contributed by atoms with Crippen LogP contribution in [0.15, 0.2) is 71.7 Å². The molecule has 1 aliphatic rings. The van der Waals surface area contributed by atoms with Crippen molar-refractivity contribution in [2.24, 2.45) is 12.0 Å². The Bertz CT molecular complexity index is 1340. The average Bonchev–Trinajstić information content (AvgIpc) is 2.99. The Labute approximate surface area is 188 Å². The van der Waals surface area contributed by atoms with Crippen molar-refractivity contribution in [1.29, 1.82) is 0 Å². The maximum absolute atomic E-state index is 12.9. The third-order valence-corrected chi connectivity index (χ3v) is 5.69. The van der Waals surface area contributed by atoms with Gasteiger partial charge < -0.3 is 14.6 Å². The molecule has 3 aromatic carbocycles. The lowest BCUT2D eigenvalue weighted by Crippen LogP contribution is -2.25. The zero-order valence-electron chi connectivity index (χ0n) is 17.9. The molecule has 0 bridgehead atoms. The number of benzene rings is 3. The number of aryl methyl sites for hydroxylation is 1. The maximum Gasteiger partial charge on any atom is 0.416 e. The van der Waals surface area contributed by atoms with E-state index < -0.39 is 11.7 Å². The van der Waals surface area contributed by atoms with Crippen molar-refractivity contribution in [3.63, 3.8) is 0 Å². The van der Waals surface area contributed by atoms with E-state index in [-0.39, 0.29) is 0 Å². The molecule has 1 N–H and O–H groups in total. The summed E-state index contributed by atoms with van der Waals surface area (Å²) in [6.07, 6.45) is -4.36. The molecule has 0 fully saturated rings. The number of para-hydroxylation sites is 2. The molecule has 0 saturated heterocycles. The number of aliphatic imine (C=N–C) groups is 1. The van der Waals surface area contributed by atoms with Crippen molar-refractivity contribution in [3.8, 4) is 16.9 Å². The second-order valence-corrected chi connectivity index (χ2v) is 7.79. The molecule has 5 nitrogen and oxygen atoms in total. The molecular formula is C25H21F3N4O. The fourth-order valence-corrected chi connectivity index (χ4v) is 3.94. The molecule has 0 radical (unpaired) electrons. The van der Waals surface area contributed by atoms with Gasteiger partial charge in [-0.25, -0.2) is 4.98 Å². The molecule has 4 aromatic rings. The van der Waals surface area contributed by atoms with Crippen molar-refractivity contribution in [1.82, 2.24) is 14.9 Å². The fraction of sp³-hybridized carbons (Fsp3) is 0.200. The van der Waals surface area contributed by atoms with Crippen LogP contribution in [0.1, 0.15) is 17.0 Å². The zero-order chi connectivity index (χ0) is 23.0. The summed E-state index contributed by atoms with van der Waals surface area (Å²) in [5.74, 6) is 2.22. The zero-order valence-corrected chi connectivity index (χ0v) is 17.9. The minimum atomic E-state index is -4.36. The molecule has 33 heavy (non-hydrogen) atoms. The van der Waals surface area contributed by atoms with Crippen LogP contribution in [0.4, 0.5) is 13.2 Å². The summed E-state index contributed by atoms with van der Waals surface area (Å²) in [6.45, 7) is 1.41. The number of aromatic nitrogens is 2. The van der Waals surface area contributed by atoms with Crippen LogP contribution in [0.3, 0.4) is 0 Å². The average molecular weight is 450 g/mol. The Balaban J connectivity index is 1.43. The number of nitrogens with zero attached hydrogens (tertiary/aromatic N) is 3. The van der Waals surface area contributed by atoms with Crippen LogP contribution in [0.25, 0.3) is 22.2 Å². The Morgan fingerprint density at radius 2 is 1.76 bits per heavy atom. The van der Waals surface area contributed by atoms with Crippen LogP contribution in [0, 0.1) is 0 Å². The molecule has 2 heterocycles. The van der Waals surface area contributed by atoms with Gasteiger partial charge in [0.1, 0.15) is 24.0 Å². The van der Waals surface area contributed by atoms with Gasteiger partial charge in [0.15, 0.2) is 0 Å². The van der Waals surface area contributed by atoms with Gasteiger partial charge in [-0.3, -0.25) is 4.99 Å². The summed E-state index contributed by atoms with van der Waals surface area (Å²) in [5.41, 5.74) is 3.53. The highest BCUT2D eigenvalue weighted by atomic mass is 19.4.